The number of allylic oxidation sites excluding steroid dienone is 10. The molecule has 1 fully saturated rings. The molecule has 0 aromatic rings. The first-order valence-electron chi connectivity index (χ1n) is 24.6. The van der Waals surface area contributed by atoms with Crippen LogP contribution in [0.25, 0.3) is 0 Å². The summed E-state index contributed by atoms with van der Waals surface area (Å²) in [6, 6.07) is 0. The minimum absolute atomic E-state index is 0.0239. The van der Waals surface area contributed by atoms with Crippen LogP contribution in [0.4, 0.5) is 0 Å². The molecule has 1 rings (SSSR count). The highest BCUT2D eigenvalue weighted by Gasteiger charge is 2.56. The van der Waals surface area contributed by atoms with Gasteiger partial charge in [-0.25, -0.2) is 13.7 Å². The van der Waals surface area contributed by atoms with Crippen molar-refractivity contribution in [2.45, 2.75) is 211 Å². The van der Waals surface area contributed by atoms with Gasteiger partial charge in [-0.15, -0.1) is 0 Å². The van der Waals surface area contributed by atoms with Gasteiger partial charge in [-0.3, -0.25) is 27.7 Å². The van der Waals surface area contributed by atoms with Crippen LogP contribution in [0.3, 0.4) is 0 Å². The van der Waals surface area contributed by atoms with E-state index in [9.17, 15) is 63.1 Å². The Labute approximate surface area is 409 Å². The lowest BCUT2D eigenvalue weighted by Gasteiger charge is -2.44. The van der Waals surface area contributed by atoms with E-state index < -0.39 is 91.3 Å². The van der Waals surface area contributed by atoms with E-state index >= 15 is 0 Å². The molecule has 8 N–H and O–H groups in total. The fourth-order valence-electron chi connectivity index (χ4n) is 7.10. The molecule has 0 aromatic carbocycles. The number of hydrogen-bond acceptors (Lipinski definition) is 14. The standard InChI is InChI=1S/C47H83O19P3/c1-3-5-7-9-11-13-15-17-18-19-20-21-22-24-25-27-29-31-33-35-40(48)61-37-39(63-41(49)36-34-32-30-28-26-23-16-14-12-10-8-6-4-2)38-62-69(59,60)66-45-42(50)43(51)46(64-67(53,54)55)47(44(45)52)65-68(56,57)58/h8,10-11,13-14,16-18,20-21,39,42-47,50-52H,3-7,9,12,15,19,22-38H2,1-2H3,(H,59,60)(H2,53,54,55)(H2,56,57,58)/t39-,42?,43?,44?,45+,46?,47+/m1/s1. The van der Waals surface area contributed by atoms with Gasteiger partial charge in [0.2, 0.25) is 0 Å². The third kappa shape index (κ3) is 34.8. The number of carbonyl (C=O) groups excluding carboxylic acids is 2. The number of rotatable bonds is 41. The van der Waals surface area contributed by atoms with Gasteiger partial charge in [-0.1, -0.05) is 139 Å². The molecule has 0 bridgehead atoms. The minimum Gasteiger partial charge on any atom is -0.462 e. The van der Waals surface area contributed by atoms with Crippen molar-refractivity contribution in [3.63, 3.8) is 0 Å². The lowest BCUT2D eigenvalue weighted by Crippen LogP contribution is -2.65. The summed E-state index contributed by atoms with van der Waals surface area (Å²) in [4.78, 5) is 73.2. The Balaban J connectivity index is 2.71. The summed E-state index contributed by atoms with van der Waals surface area (Å²) in [5.74, 6) is -1.33. The van der Waals surface area contributed by atoms with Crippen molar-refractivity contribution >= 4 is 35.4 Å². The number of ether oxygens (including phenoxy) is 2. The van der Waals surface area contributed by atoms with Gasteiger partial charge in [0, 0.05) is 12.8 Å². The first-order valence-corrected chi connectivity index (χ1v) is 29.1. The molecule has 1 aliphatic rings. The zero-order valence-corrected chi connectivity index (χ0v) is 43.3. The van der Waals surface area contributed by atoms with Crippen LogP contribution in [0.15, 0.2) is 60.8 Å². The second-order valence-electron chi connectivity index (χ2n) is 17.0. The van der Waals surface area contributed by atoms with Crippen LogP contribution in [-0.4, -0.2) is 108 Å². The minimum atomic E-state index is -5.61. The number of esters is 2. The van der Waals surface area contributed by atoms with Crippen molar-refractivity contribution in [1.82, 2.24) is 0 Å². The number of phosphoric acid groups is 3. The monoisotopic (exact) mass is 1040 g/mol. The molecule has 69 heavy (non-hydrogen) atoms. The average molecular weight is 1050 g/mol. The Morgan fingerprint density at radius 2 is 0.870 bits per heavy atom. The molecule has 19 nitrogen and oxygen atoms in total. The van der Waals surface area contributed by atoms with Gasteiger partial charge in [0.15, 0.2) is 6.10 Å². The maximum Gasteiger partial charge on any atom is 0.472 e. The summed E-state index contributed by atoms with van der Waals surface area (Å²) in [5.41, 5.74) is 0. The molecule has 0 amide bonds. The van der Waals surface area contributed by atoms with Crippen molar-refractivity contribution in [1.29, 1.82) is 0 Å². The maximum absolute atomic E-state index is 13.1. The van der Waals surface area contributed by atoms with Crippen LogP contribution in [0.5, 0.6) is 0 Å². The number of carbonyl (C=O) groups is 2. The molecular weight excluding hydrogens is 961 g/mol. The Morgan fingerprint density at radius 3 is 1.35 bits per heavy atom. The zero-order chi connectivity index (χ0) is 51.4. The van der Waals surface area contributed by atoms with Gasteiger partial charge in [0.25, 0.3) is 0 Å². The molecule has 8 atom stereocenters. The highest BCUT2D eigenvalue weighted by molar-refractivity contribution is 7.47. The number of unbranched alkanes of at least 4 members (excludes halogenated alkanes) is 15. The van der Waals surface area contributed by atoms with Crippen LogP contribution in [0.1, 0.15) is 168 Å². The van der Waals surface area contributed by atoms with E-state index in [-0.39, 0.29) is 12.8 Å². The van der Waals surface area contributed by atoms with Gasteiger partial charge in [-0.2, -0.15) is 0 Å². The van der Waals surface area contributed by atoms with E-state index in [2.05, 4.69) is 83.7 Å². The zero-order valence-electron chi connectivity index (χ0n) is 40.6. The second-order valence-corrected chi connectivity index (χ2v) is 20.8. The smallest absolute Gasteiger partial charge is 0.462 e. The lowest BCUT2D eigenvalue weighted by molar-refractivity contribution is -0.213. The van der Waals surface area contributed by atoms with E-state index in [1.54, 1.807) is 0 Å². The Kier molecular flexibility index (Phi) is 36.2. The number of aliphatic hydroxyl groups is 3. The molecular formula is C47H83O19P3. The Morgan fingerprint density at radius 1 is 0.464 bits per heavy atom. The number of aliphatic hydroxyl groups excluding tert-OH is 3. The normalized spacial score (nSPS) is 21.8. The summed E-state index contributed by atoms with van der Waals surface area (Å²) >= 11 is 0. The topological polar surface area (TPSA) is 303 Å². The fourth-order valence-corrected chi connectivity index (χ4v) is 9.19. The van der Waals surface area contributed by atoms with E-state index in [0.717, 1.165) is 109 Å². The molecule has 400 valence electrons. The highest BCUT2D eigenvalue weighted by Crippen LogP contribution is 2.51. The first-order chi connectivity index (χ1) is 32.8. The molecule has 0 radical (unpaired) electrons. The summed E-state index contributed by atoms with van der Waals surface area (Å²) in [7, 11) is -16.6. The van der Waals surface area contributed by atoms with Crippen LogP contribution in [-0.2, 0) is 50.9 Å². The van der Waals surface area contributed by atoms with Crippen LogP contribution >= 0.6 is 23.5 Å². The summed E-state index contributed by atoms with van der Waals surface area (Å²) in [6.07, 6.45) is 26.6. The molecule has 0 saturated heterocycles. The fraction of sp³-hybridized carbons (Fsp3) is 0.745. The third-order valence-electron chi connectivity index (χ3n) is 10.8. The molecule has 5 unspecified atom stereocenters. The molecule has 0 aromatic heterocycles. The number of hydrogen-bond donors (Lipinski definition) is 8. The maximum atomic E-state index is 13.1. The van der Waals surface area contributed by atoms with Crippen LogP contribution in [0, 0.1) is 0 Å². The second kappa shape index (κ2) is 38.5. The van der Waals surface area contributed by atoms with Crippen molar-refractivity contribution in [3.8, 4) is 0 Å². The van der Waals surface area contributed by atoms with Crippen LogP contribution < -0.4 is 0 Å². The first kappa shape index (κ1) is 64.9. The van der Waals surface area contributed by atoms with Gasteiger partial charge in [0.05, 0.1) is 6.61 Å². The van der Waals surface area contributed by atoms with Gasteiger partial charge in [-0.05, 0) is 77.0 Å². The number of phosphoric ester groups is 3. The van der Waals surface area contributed by atoms with E-state index in [1.165, 1.54) is 19.3 Å². The third-order valence-corrected chi connectivity index (χ3v) is 12.8. The summed E-state index contributed by atoms with van der Waals surface area (Å²) < 4.78 is 65.5. The quantitative estimate of drug-likeness (QED) is 0.0122. The van der Waals surface area contributed by atoms with Crippen molar-refractivity contribution in [2.24, 2.45) is 0 Å². The van der Waals surface area contributed by atoms with Gasteiger partial charge >= 0.3 is 35.4 Å². The molecule has 0 spiro atoms. The van der Waals surface area contributed by atoms with E-state index in [0.29, 0.717) is 12.8 Å². The molecule has 0 heterocycles. The molecule has 1 saturated carbocycles. The summed E-state index contributed by atoms with van der Waals surface area (Å²) in [6.45, 7) is 2.83. The van der Waals surface area contributed by atoms with Crippen molar-refractivity contribution < 1.29 is 90.6 Å². The Bertz CT molecular complexity index is 1670. The Hall–Kier alpha value is -2.15. The largest absolute Gasteiger partial charge is 0.472 e. The molecule has 0 aliphatic heterocycles. The SMILES string of the molecule is CCCC=CCC=CCCCCCCCC(=O)O[C@H](COC(=O)CCCCCCCCC=CCC=CCC=CCCCCC)COP(=O)(O)O[C@H]1C(O)C(O)C(OP(=O)(O)O)[C@@H](OP(=O)(O)O)C1O. The predicted molar refractivity (Wildman–Crippen MR) is 261 cm³/mol. The van der Waals surface area contributed by atoms with Gasteiger partial charge < -0.3 is 49.3 Å². The average Bonchev–Trinajstić information content (AvgIpc) is 3.28. The van der Waals surface area contributed by atoms with Crippen molar-refractivity contribution in [2.75, 3.05) is 13.2 Å². The molecule has 22 heteroatoms. The van der Waals surface area contributed by atoms with Gasteiger partial charge in [0.1, 0.15) is 43.2 Å². The van der Waals surface area contributed by atoms with E-state index in [4.69, 9.17) is 18.5 Å². The molecule has 1 aliphatic carbocycles. The lowest BCUT2D eigenvalue weighted by atomic mass is 9.85. The van der Waals surface area contributed by atoms with E-state index in [1.807, 2.05) is 0 Å². The van der Waals surface area contributed by atoms with Crippen LogP contribution in [0.2, 0.25) is 0 Å². The summed E-state index contributed by atoms with van der Waals surface area (Å²) in [5, 5.41) is 31.9. The van der Waals surface area contributed by atoms with Crippen molar-refractivity contribution in [3.05, 3.63) is 60.8 Å². The highest BCUT2D eigenvalue weighted by atomic mass is 31.2. The predicted octanol–water partition coefficient (Wildman–Crippen LogP) is 9.18.